The molecular weight excluding hydrogens is 253 g/mol. The van der Waals surface area contributed by atoms with E-state index in [1.807, 2.05) is 0 Å². The Balaban J connectivity index is -0.000000845. The normalized spacial score (nSPS) is 14.0. The van der Waals surface area contributed by atoms with Crippen molar-refractivity contribution in [2.24, 2.45) is 5.41 Å². The molecule has 82 valence electrons. The maximum Gasteiger partial charge on any atom is 1.00 e. The summed E-state index contributed by atoms with van der Waals surface area (Å²) in [5.41, 5.74) is -1.91. The molecule has 0 bridgehead atoms. The fourth-order valence-corrected chi connectivity index (χ4v) is 2.55. The van der Waals surface area contributed by atoms with E-state index in [1.165, 1.54) is 20.8 Å². The van der Waals surface area contributed by atoms with E-state index >= 15 is 0 Å². The molecule has 0 aromatic heterocycles. The van der Waals surface area contributed by atoms with Crippen LogP contribution in [0.25, 0.3) is 0 Å². The number of carbonyl (C=O) groups excluding carboxylic acids is 2. The van der Waals surface area contributed by atoms with E-state index in [0.29, 0.717) is 0 Å². The van der Waals surface area contributed by atoms with Crippen molar-refractivity contribution in [1.29, 1.82) is 0 Å². The molecule has 0 rings (SSSR count). The number of carboxylic acids is 1. The van der Waals surface area contributed by atoms with Gasteiger partial charge in [-0.05, 0) is 6.42 Å². The Kier molecular flexibility index (Phi) is 11.9. The SMILES string of the molecule is CC(C)(C)C(=O)P(=O)([O-])CCC(=O)[O-].[Na+].[Na+]. The smallest absolute Gasteiger partial charge is 0.794 e. The first kappa shape index (κ1) is 22.5. The van der Waals surface area contributed by atoms with E-state index in [2.05, 4.69) is 0 Å². The minimum absolute atomic E-state index is 0. The Morgan fingerprint density at radius 3 is 1.81 bits per heavy atom. The number of hydrogen-bond acceptors (Lipinski definition) is 5. The van der Waals surface area contributed by atoms with Crippen molar-refractivity contribution in [3.8, 4) is 0 Å². The first-order valence-corrected chi connectivity index (χ1v) is 5.93. The molecule has 0 spiro atoms. The van der Waals surface area contributed by atoms with Gasteiger partial charge in [-0.15, -0.1) is 0 Å². The molecule has 0 N–H and O–H groups in total. The predicted octanol–water partition coefficient (Wildman–Crippen LogP) is -6.65. The van der Waals surface area contributed by atoms with Gasteiger partial charge in [0, 0.05) is 17.5 Å². The van der Waals surface area contributed by atoms with Gasteiger partial charge >= 0.3 is 59.1 Å². The summed E-state index contributed by atoms with van der Waals surface area (Å²) in [7, 11) is -4.27. The molecule has 0 saturated carbocycles. The number of hydrogen-bond donors (Lipinski definition) is 0. The molecule has 0 aliphatic rings. The third kappa shape index (κ3) is 8.43. The van der Waals surface area contributed by atoms with Crippen LogP contribution in [0.4, 0.5) is 0 Å². The molecule has 0 saturated heterocycles. The van der Waals surface area contributed by atoms with Crippen LogP contribution in [-0.4, -0.2) is 17.7 Å². The molecule has 1 atom stereocenters. The largest absolute Gasteiger partial charge is 1.00 e. The standard InChI is InChI=1S/C8H15O5P.2Na/c1-8(2,3)7(11)14(12,13)5-4-6(9)10;;/h4-5H2,1-3H3,(H,9,10)(H,12,13);;/q;2*+1/p-2. The van der Waals surface area contributed by atoms with Crippen LogP contribution >= 0.6 is 7.37 Å². The van der Waals surface area contributed by atoms with Gasteiger partial charge in [0.1, 0.15) is 0 Å². The maximum atomic E-state index is 11.3. The molecule has 0 radical (unpaired) electrons. The van der Waals surface area contributed by atoms with Crippen LogP contribution in [0.3, 0.4) is 0 Å². The Morgan fingerprint density at radius 1 is 1.19 bits per heavy atom. The molecule has 1 unspecified atom stereocenters. The number of rotatable bonds is 4. The van der Waals surface area contributed by atoms with E-state index in [1.54, 1.807) is 0 Å². The third-order valence-electron chi connectivity index (χ3n) is 1.56. The Morgan fingerprint density at radius 2 is 1.56 bits per heavy atom. The summed E-state index contributed by atoms with van der Waals surface area (Å²) in [5.74, 6) is -1.47. The monoisotopic (exact) mass is 266 g/mol. The average Bonchev–Trinajstić information content (AvgIpc) is 1.98. The number of carbonyl (C=O) groups is 2. The van der Waals surface area contributed by atoms with E-state index in [-0.39, 0.29) is 59.1 Å². The molecule has 0 aromatic rings. The molecular formula is C8H13Na2O5P. The molecule has 0 aromatic carbocycles. The quantitative estimate of drug-likeness (QED) is 0.372. The zero-order valence-electron chi connectivity index (χ0n) is 10.4. The second-order valence-corrected chi connectivity index (χ2v) is 6.27. The molecule has 8 heteroatoms. The summed E-state index contributed by atoms with van der Waals surface area (Å²) < 4.78 is 11.3. The second-order valence-electron chi connectivity index (χ2n) is 4.07. The van der Waals surface area contributed by atoms with E-state index in [4.69, 9.17) is 0 Å². The maximum absolute atomic E-state index is 11.3. The zero-order chi connectivity index (χ0) is 11.6. The first-order valence-electron chi connectivity index (χ1n) is 4.12. The summed E-state index contributed by atoms with van der Waals surface area (Å²) in [6.45, 7) is 4.41. The summed E-state index contributed by atoms with van der Waals surface area (Å²) in [5, 5.41) is 10.0. The number of aliphatic carboxylic acids is 1. The van der Waals surface area contributed by atoms with Crippen molar-refractivity contribution in [3.63, 3.8) is 0 Å². The van der Waals surface area contributed by atoms with E-state index in [0.717, 1.165) is 0 Å². The number of carboxylic acid groups (broad SMARTS) is 1. The van der Waals surface area contributed by atoms with Crippen molar-refractivity contribution in [2.75, 3.05) is 6.16 Å². The Bertz CT molecular complexity index is 297. The summed E-state index contributed by atoms with van der Waals surface area (Å²) in [4.78, 5) is 32.6. The van der Waals surface area contributed by atoms with Gasteiger partial charge in [-0.25, -0.2) is 0 Å². The van der Waals surface area contributed by atoms with Crippen molar-refractivity contribution >= 4 is 18.9 Å². The topological polar surface area (TPSA) is 97.3 Å². The second kappa shape index (κ2) is 8.44. The molecule has 0 amide bonds. The minimum Gasteiger partial charge on any atom is -0.794 e. The van der Waals surface area contributed by atoms with Gasteiger partial charge in [-0.1, -0.05) is 20.8 Å². The van der Waals surface area contributed by atoms with Gasteiger partial charge in [-0.2, -0.15) is 0 Å². The zero-order valence-corrected chi connectivity index (χ0v) is 15.3. The minimum atomic E-state index is -4.27. The van der Waals surface area contributed by atoms with Gasteiger partial charge in [0.05, 0.1) is 7.37 Å². The predicted molar refractivity (Wildman–Crippen MR) is 46.6 cm³/mol. The molecule has 16 heavy (non-hydrogen) atoms. The van der Waals surface area contributed by atoms with Crippen LogP contribution in [0.5, 0.6) is 0 Å². The summed E-state index contributed by atoms with van der Waals surface area (Å²) >= 11 is 0. The van der Waals surface area contributed by atoms with Crippen LogP contribution in [-0.2, 0) is 14.2 Å². The van der Waals surface area contributed by atoms with Crippen molar-refractivity contribution < 1.29 is 83.3 Å². The summed E-state index contributed by atoms with van der Waals surface area (Å²) in [6.07, 6.45) is -1.30. The fraction of sp³-hybridized carbons (Fsp3) is 0.750. The fourth-order valence-electron chi connectivity index (χ4n) is 0.851. The Labute approximate surface area is 139 Å². The molecule has 0 heterocycles. The van der Waals surface area contributed by atoms with Gasteiger partial charge in [0.25, 0.3) is 0 Å². The molecule has 0 aliphatic heterocycles. The average molecular weight is 266 g/mol. The van der Waals surface area contributed by atoms with Crippen LogP contribution in [0.1, 0.15) is 27.2 Å². The van der Waals surface area contributed by atoms with Gasteiger partial charge < -0.3 is 19.4 Å². The van der Waals surface area contributed by atoms with Crippen LogP contribution in [0.15, 0.2) is 0 Å². The molecule has 5 nitrogen and oxygen atoms in total. The molecule has 0 fully saturated rings. The van der Waals surface area contributed by atoms with Gasteiger partial charge in [0.15, 0.2) is 5.52 Å². The van der Waals surface area contributed by atoms with Gasteiger partial charge in [0.2, 0.25) is 0 Å². The van der Waals surface area contributed by atoms with E-state index in [9.17, 15) is 24.2 Å². The summed E-state index contributed by atoms with van der Waals surface area (Å²) in [6, 6.07) is 0. The van der Waals surface area contributed by atoms with Crippen LogP contribution in [0.2, 0.25) is 0 Å². The molecule has 0 aliphatic carbocycles. The first-order chi connectivity index (χ1) is 6.07. The van der Waals surface area contributed by atoms with Gasteiger partial charge in [-0.3, -0.25) is 4.79 Å². The van der Waals surface area contributed by atoms with Crippen LogP contribution < -0.4 is 69.1 Å². The van der Waals surface area contributed by atoms with Crippen molar-refractivity contribution in [3.05, 3.63) is 0 Å². The van der Waals surface area contributed by atoms with Crippen molar-refractivity contribution in [2.45, 2.75) is 27.2 Å². The Hall–Kier alpha value is 1.33. The van der Waals surface area contributed by atoms with E-state index < -0.39 is 36.9 Å². The third-order valence-corrected chi connectivity index (χ3v) is 3.66. The van der Waals surface area contributed by atoms with Crippen molar-refractivity contribution in [1.82, 2.24) is 0 Å². The van der Waals surface area contributed by atoms with Crippen LogP contribution in [0, 0.1) is 5.41 Å².